The van der Waals surface area contributed by atoms with Crippen LogP contribution in [0, 0.1) is 5.92 Å². The number of carbonyl (C=O) groups is 8. The lowest BCUT2D eigenvalue weighted by atomic mass is 9.84. The molecule has 0 unspecified atom stereocenters. The van der Waals surface area contributed by atoms with E-state index in [0.29, 0.717) is 5.02 Å². The number of primary amides is 1. The van der Waals surface area contributed by atoms with Gasteiger partial charge in [0.2, 0.25) is 53.4 Å². The van der Waals surface area contributed by atoms with Crippen molar-refractivity contribution in [2.24, 2.45) is 17.4 Å². The third-order valence-electron chi connectivity index (χ3n) is 23.2. The van der Waals surface area contributed by atoms with Gasteiger partial charge < -0.3 is 138 Å². The number of aliphatic hydroxyl groups is 6. The smallest absolute Gasteiger partial charge is 0.330 e. The lowest BCUT2D eigenvalue weighted by molar-refractivity contribution is -0.334. The van der Waals surface area contributed by atoms with E-state index in [2.05, 4.69) is 37.2 Å². The number of phenols is 3. The lowest BCUT2D eigenvalue weighted by Gasteiger charge is -2.48. The standard InChI is InChI=1S/C87H99Cl3N10O26/c1-36(2)23-53(100(7)8)79(112)98-68-70(106)43-16-21-56(50(89)25-43)121-58-27-45-28-59(74(58)126-85-75(72(108)71(107)60(35-101)123-85)125-63-33-87(6,77(110)38(4)120-63)93-34-39-9-11-40(12-10-39)41-13-18-46(88)19-14-41)122-57-22-17-44(26-51(57)90)73(124-62-32-86(5,92)76(109)37(3)119-62)69-83(116)97-67(84(117)118)49-29-47(102)30-55(104)64(49)48-24-42(15-20-54(48)103)65(80(113)99-69)96-81(114)66(45)95-78(111)52(31-61(91)105)94-82(68)115/h9-22,24-30,36-38,52-53,60,62-63,65-73,75-77,85,93,101-104,106-110H,23,31-35,92H2,1-8H3,(H2,91,105)(H,94,115)(H,95,111)(H,96,114)(H,97,116)(H,98,112)(H,99,113)(H,117,118)/t37-,38-,52-,53+,60+,62-,63-,65+,66+,67-,68+,69-,70+,71+,72-,73+,75+,76-,77-,85-,86-,87-/m0/s1. The molecule has 0 aliphatic carbocycles. The van der Waals surface area contributed by atoms with Crippen LogP contribution in [0.1, 0.15) is 131 Å². The van der Waals surface area contributed by atoms with E-state index in [9.17, 15) is 65.4 Å². The van der Waals surface area contributed by atoms with Crippen molar-refractivity contribution in [1.82, 2.24) is 42.1 Å². The number of phenolic OH excluding ortho intramolecular Hbond substituents is 3. The number of aliphatic carboxylic acids is 1. The number of hydrogen-bond acceptors (Lipinski definition) is 28. The number of aromatic hydroxyl groups is 3. The molecule has 21 N–H and O–H groups in total. The summed E-state index contributed by atoms with van der Waals surface area (Å²) in [6, 6.07) is 14.6. The third kappa shape index (κ3) is 20.2. The maximum atomic E-state index is 16.6. The van der Waals surface area contributed by atoms with Gasteiger partial charge >= 0.3 is 5.97 Å². The quantitative estimate of drug-likeness (QED) is 0.0515. The number of nitrogens with zero attached hydrogens (tertiary/aromatic N) is 1. The van der Waals surface area contributed by atoms with Crippen LogP contribution in [0.2, 0.25) is 15.1 Å². The molecule has 8 heterocycles. The van der Waals surface area contributed by atoms with Crippen molar-refractivity contribution in [3.8, 4) is 68.2 Å². The predicted molar refractivity (Wildman–Crippen MR) is 450 cm³/mol. The normalized spacial score (nSPS) is 29.7. The molecule has 7 amide bonds. The molecule has 36 nitrogen and oxygen atoms in total. The summed E-state index contributed by atoms with van der Waals surface area (Å²) >= 11 is 20.9. The van der Waals surface area contributed by atoms with Gasteiger partial charge in [0.25, 0.3) is 0 Å². The molecule has 0 radical (unpaired) electrons. The van der Waals surface area contributed by atoms with Crippen LogP contribution >= 0.6 is 34.8 Å². The van der Waals surface area contributed by atoms with Gasteiger partial charge in [-0.05, 0) is 160 Å². The maximum absolute atomic E-state index is 16.6. The van der Waals surface area contributed by atoms with E-state index in [1.165, 1.54) is 44.2 Å². The largest absolute Gasteiger partial charge is 0.508 e. The van der Waals surface area contributed by atoms with E-state index in [4.69, 9.17) is 84.2 Å². The summed E-state index contributed by atoms with van der Waals surface area (Å²) in [7, 11) is 3.20. The summed E-state index contributed by atoms with van der Waals surface area (Å²) in [4.78, 5) is 123. The van der Waals surface area contributed by atoms with Crippen molar-refractivity contribution in [3.05, 3.63) is 176 Å². The van der Waals surface area contributed by atoms with Crippen molar-refractivity contribution in [1.29, 1.82) is 0 Å². The number of rotatable bonds is 19. The molecule has 126 heavy (non-hydrogen) atoms. The Morgan fingerprint density at radius 2 is 1.22 bits per heavy atom. The van der Waals surface area contributed by atoms with E-state index >= 15 is 24.0 Å². The van der Waals surface area contributed by atoms with Gasteiger partial charge in [-0.25, -0.2) is 4.79 Å². The van der Waals surface area contributed by atoms with Crippen LogP contribution in [0.4, 0.5) is 0 Å². The number of likely N-dealkylation sites (N-methyl/N-ethyl adjacent to an activating group) is 1. The number of carboxylic acid groups (broad SMARTS) is 1. The molecule has 7 aromatic rings. The van der Waals surface area contributed by atoms with Crippen molar-refractivity contribution >= 4 is 82.1 Å². The van der Waals surface area contributed by atoms with Gasteiger partial charge in [-0.3, -0.25) is 38.5 Å². The molecule has 674 valence electrons. The van der Waals surface area contributed by atoms with Gasteiger partial charge in [0, 0.05) is 58.2 Å². The first-order chi connectivity index (χ1) is 59.6. The predicted octanol–water partition coefficient (Wildman–Crippen LogP) is 4.84. The van der Waals surface area contributed by atoms with Crippen molar-refractivity contribution in [2.75, 3.05) is 20.7 Å². The van der Waals surface area contributed by atoms with Gasteiger partial charge in [-0.1, -0.05) is 103 Å². The highest BCUT2D eigenvalue weighted by atomic mass is 35.5. The molecule has 0 spiro atoms. The maximum Gasteiger partial charge on any atom is 0.330 e. The zero-order chi connectivity index (χ0) is 91.1. The van der Waals surface area contributed by atoms with E-state index < -0.39 is 261 Å². The first-order valence-electron chi connectivity index (χ1n) is 40.4. The Labute approximate surface area is 737 Å². The van der Waals surface area contributed by atoms with Crippen LogP contribution < -0.4 is 62.9 Å². The number of amides is 7. The van der Waals surface area contributed by atoms with Crippen LogP contribution in [0.15, 0.2) is 127 Å². The molecule has 7 aromatic carbocycles. The van der Waals surface area contributed by atoms with Crippen LogP contribution in [0.3, 0.4) is 0 Å². The van der Waals surface area contributed by atoms with Crippen LogP contribution in [0.5, 0.6) is 46.0 Å². The Morgan fingerprint density at radius 1 is 0.635 bits per heavy atom. The highest BCUT2D eigenvalue weighted by Crippen LogP contribution is 2.51. The number of carbonyl (C=O) groups excluding carboxylic acids is 7. The molecule has 0 aromatic heterocycles. The van der Waals surface area contributed by atoms with Gasteiger partial charge in [-0.15, -0.1) is 0 Å². The number of hydrogen-bond donors (Lipinski definition) is 19. The molecule has 22 atom stereocenters. The second-order valence-electron chi connectivity index (χ2n) is 33.4. The van der Waals surface area contributed by atoms with Gasteiger partial charge in [0.05, 0.1) is 53.5 Å². The van der Waals surface area contributed by atoms with Crippen LogP contribution in [-0.2, 0) is 68.6 Å². The minimum absolute atomic E-state index is 0.115. The summed E-state index contributed by atoms with van der Waals surface area (Å²) in [6.07, 6.45) is -22.9. The van der Waals surface area contributed by atoms with Gasteiger partial charge in [-0.2, -0.15) is 0 Å². The van der Waals surface area contributed by atoms with Crippen molar-refractivity contribution in [2.45, 2.75) is 207 Å². The Balaban J connectivity index is 1.02. The number of aliphatic hydroxyl groups excluding tert-OH is 6. The average Bonchev–Trinajstić information content (AvgIpc) is 0.761. The monoisotopic (exact) mass is 1800 g/mol. The second kappa shape index (κ2) is 38.1. The molecule has 0 saturated carbocycles. The highest BCUT2D eigenvalue weighted by Gasteiger charge is 2.53. The van der Waals surface area contributed by atoms with E-state index in [0.717, 1.165) is 65.2 Å². The Kier molecular flexibility index (Phi) is 28.2. The molecule has 8 aliphatic rings. The molecule has 11 bridgehead atoms. The highest BCUT2D eigenvalue weighted by molar-refractivity contribution is 6.32. The summed E-state index contributed by atoms with van der Waals surface area (Å²) in [5.41, 5.74) is 9.63. The number of nitrogens with two attached hydrogens (primary N) is 2. The third-order valence-corrected chi connectivity index (χ3v) is 24.0. The first kappa shape index (κ1) is 93.1. The van der Waals surface area contributed by atoms with Gasteiger partial charge in [0.1, 0.15) is 89.5 Å². The molecule has 15 rings (SSSR count). The molecule has 39 heteroatoms. The van der Waals surface area contributed by atoms with Crippen LogP contribution in [-0.4, -0.2) is 227 Å². The minimum atomic E-state index is -2.40. The van der Waals surface area contributed by atoms with Gasteiger partial charge in [0.15, 0.2) is 36.2 Å². The molecular formula is C87H99Cl3N10O26. The fourth-order valence-corrected chi connectivity index (χ4v) is 16.9. The summed E-state index contributed by atoms with van der Waals surface area (Å²) in [6.45, 7) is 9.11. The van der Waals surface area contributed by atoms with E-state index in [1.807, 2.05) is 50.2 Å². The minimum Gasteiger partial charge on any atom is -0.508 e. The number of halogens is 3. The number of ether oxygens (including phenoxy) is 8. The van der Waals surface area contributed by atoms with Crippen molar-refractivity contribution in [3.63, 3.8) is 0 Å². The second-order valence-corrected chi connectivity index (χ2v) is 34.6. The van der Waals surface area contributed by atoms with E-state index in [1.54, 1.807) is 45.0 Å². The fraction of sp³-hybridized carbons (Fsp3) is 0.425. The van der Waals surface area contributed by atoms with Crippen LogP contribution in [0.25, 0.3) is 22.3 Å². The SMILES string of the molecule is CC(C)C[C@H](C(=O)N[C@H]1C(=O)N[C@@H](CC(N)=O)C(=O)N[C@H]2C(=O)N[C@H]3C(=O)N[C@H](C(=O)N[C@H](C(=O)O)c4cc(O)cc(O)c4-c4cc3ccc4O)[C@H](O[C@H]3C[C@](C)(N)[C@@H](O)[C@H](C)O3)c3ccc(c(Cl)c3)Oc3cc2cc(c3O[C@@H]2O[C@H](CO)[C@@H](O)[C@H](O)[C@H]2O[C@H]2C[C@](C)(NCc3ccc(-c4ccc(Cl)cc4)cc3)[C@@H](O)[C@H](C)O2)Oc2ccc(cc2Cl)[C@H]1O)N(C)C. The number of carboxylic acids is 1. The summed E-state index contributed by atoms with van der Waals surface area (Å²) in [5.74, 6) is -16.1. The first-order valence-corrected chi connectivity index (χ1v) is 41.6. The topological polar surface area (TPSA) is 552 Å². The van der Waals surface area contributed by atoms with E-state index in [-0.39, 0.29) is 59.2 Å². The lowest BCUT2D eigenvalue weighted by Crippen LogP contribution is -2.65. The number of nitrogens with one attached hydrogen (secondary N) is 7. The summed E-state index contributed by atoms with van der Waals surface area (Å²) in [5, 5.41) is 135. The number of fused-ring (bicyclic) bond motifs is 15. The zero-order valence-corrected chi connectivity index (χ0v) is 71.5. The summed E-state index contributed by atoms with van der Waals surface area (Å²) < 4.78 is 53.0. The molecule has 3 fully saturated rings. The zero-order valence-electron chi connectivity index (χ0n) is 69.2. The Hall–Kier alpha value is -10.6. The molecule has 8 aliphatic heterocycles. The number of benzene rings is 7. The fourth-order valence-electron chi connectivity index (χ4n) is 16.3. The molecular weight excluding hydrogens is 1710 g/mol. The average molecular weight is 1810 g/mol. The Bertz CT molecular complexity index is 5290. The Morgan fingerprint density at radius 3 is 1.83 bits per heavy atom. The van der Waals surface area contributed by atoms with Crippen molar-refractivity contribution < 1.29 is 127 Å². The molecule has 3 saturated heterocycles.